The summed E-state index contributed by atoms with van der Waals surface area (Å²) in [5, 5.41) is 38.5. The molecule has 9 heteroatoms. The van der Waals surface area contributed by atoms with Crippen LogP contribution in [-0.2, 0) is 14.3 Å². The summed E-state index contributed by atoms with van der Waals surface area (Å²) in [6.45, 7) is 8.09. The number of carbonyl (C=O) groups excluding carboxylic acids is 2. The van der Waals surface area contributed by atoms with E-state index in [-0.39, 0.29) is 12.2 Å². The van der Waals surface area contributed by atoms with E-state index in [0.717, 1.165) is 0 Å². The standard InChI is InChI=1S/C27H32ClNO7/c1-13-16-7-8-17-25-12-35-27(34,21(32)19(25)24(2,3)10-9-18(25)30)26(17,20(13)31)22(16)36-23(33)29-15-6-4-5-14(28)11-15/h4-6,11,16-19,21-22,30,32,34H,1,7-10,12H2,2-3H3,(H,29,33)/t16-,17-,18-,19+,21-,22?,25+,26-,27+/m0/s1. The number of fused-ring (bicyclic) bond motifs is 2. The number of nitrogens with one attached hydrogen (secondary N) is 1. The molecule has 1 unspecified atom stereocenters. The first-order valence-electron chi connectivity index (χ1n) is 12.6. The lowest BCUT2D eigenvalue weighted by Gasteiger charge is -2.74. The van der Waals surface area contributed by atoms with E-state index in [1.54, 1.807) is 24.3 Å². The van der Waals surface area contributed by atoms with E-state index < -0.39 is 70.0 Å². The number of Topliss-reactive ketones (excluding diaryl/α,β-unsaturated/α-hetero) is 1. The fraction of sp³-hybridized carbons (Fsp3) is 0.630. The van der Waals surface area contributed by atoms with E-state index in [1.807, 2.05) is 13.8 Å². The topological polar surface area (TPSA) is 125 Å². The van der Waals surface area contributed by atoms with Gasteiger partial charge in [0.15, 0.2) is 5.78 Å². The molecule has 8 nitrogen and oxygen atoms in total. The van der Waals surface area contributed by atoms with E-state index in [0.29, 0.717) is 36.4 Å². The Labute approximate surface area is 214 Å². The smallest absolute Gasteiger partial charge is 0.411 e. The van der Waals surface area contributed by atoms with E-state index in [1.165, 1.54) is 0 Å². The molecule has 1 aromatic rings. The highest BCUT2D eigenvalue weighted by atomic mass is 35.5. The Bertz CT molecular complexity index is 1170. The predicted octanol–water partition coefficient (Wildman–Crippen LogP) is 3.29. The van der Waals surface area contributed by atoms with Gasteiger partial charge in [0.2, 0.25) is 5.79 Å². The molecule has 194 valence electrons. The Morgan fingerprint density at radius 1 is 1.25 bits per heavy atom. The summed E-state index contributed by atoms with van der Waals surface area (Å²) in [6, 6.07) is 6.57. The van der Waals surface area contributed by atoms with Crippen molar-refractivity contribution in [1.82, 2.24) is 0 Å². The summed E-state index contributed by atoms with van der Waals surface area (Å²) in [5.41, 5.74) is -2.47. The van der Waals surface area contributed by atoms with Gasteiger partial charge in [-0.1, -0.05) is 38.1 Å². The molecule has 6 aliphatic rings. The molecule has 4 bridgehead atoms. The van der Waals surface area contributed by atoms with Crippen molar-refractivity contribution in [2.75, 3.05) is 11.9 Å². The summed E-state index contributed by atoms with van der Waals surface area (Å²) >= 11 is 6.03. The van der Waals surface area contributed by atoms with Crippen molar-refractivity contribution >= 4 is 29.2 Å². The minimum Gasteiger partial charge on any atom is -0.444 e. The highest BCUT2D eigenvalue weighted by Gasteiger charge is 2.87. The van der Waals surface area contributed by atoms with Gasteiger partial charge in [-0.05, 0) is 60.8 Å². The Morgan fingerprint density at radius 2 is 2.00 bits per heavy atom. The van der Waals surface area contributed by atoms with Crippen LogP contribution < -0.4 is 5.32 Å². The van der Waals surface area contributed by atoms with Crippen LogP contribution in [0.25, 0.3) is 0 Å². The van der Waals surface area contributed by atoms with Crippen LogP contribution in [0.1, 0.15) is 39.5 Å². The molecule has 7 rings (SSSR count). The van der Waals surface area contributed by atoms with Gasteiger partial charge in [-0.2, -0.15) is 0 Å². The molecule has 0 aromatic heterocycles. The van der Waals surface area contributed by atoms with Crippen molar-refractivity contribution in [3.8, 4) is 0 Å². The fourth-order valence-corrected chi connectivity index (χ4v) is 9.06. The number of ketones is 1. The molecule has 4 N–H and O–H groups in total. The number of aliphatic hydroxyl groups excluding tert-OH is 2. The third-order valence-electron chi connectivity index (χ3n) is 10.2. The van der Waals surface area contributed by atoms with Crippen molar-refractivity contribution < 1.29 is 34.4 Å². The van der Waals surface area contributed by atoms with Crippen molar-refractivity contribution in [2.45, 2.75) is 63.6 Å². The number of ether oxygens (including phenoxy) is 2. The van der Waals surface area contributed by atoms with Crippen molar-refractivity contribution in [2.24, 2.45) is 34.0 Å². The number of aliphatic hydroxyl groups is 3. The van der Waals surface area contributed by atoms with Crippen molar-refractivity contribution in [3.63, 3.8) is 0 Å². The molecular formula is C27H32ClNO7. The maximum Gasteiger partial charge on any atom is 0.411 e. The summed E-state index contributed by atoms with van der Waals surface area (Å²) in [6.07, 6.45) is -2.02. The van der Waals surface area contributed by atoms with Gasteiger partial charge < -0.3 is 24.8 Å². The minimum atomic E-state index is -2.28. The number of hydrogen-bond donors (Lipinski definition) is 4. The number of benzene rings is 1. The quantitative estimate of drug-likeness (QED) is 0.443. The fourth-order valence-electron chi connectivity index (χ4n) is 8.87. The van der Waals surface area contributed by atoms with E-state index in [4.69, 9.17) is 21.1 Å². The second-order valence-electron chi connectivity index (χ2n) is 12.0. The summed E-state index contributed by atoms with van der Waals surface area (Å²) in [4.78, 5) is 27.1. The van der Waals surface area contributed by atoms with Gasteiger partial charge in [-0.15, -0.1) is 0 Å². The molecule has 4 aliphatic carbocycles. The molecule has 0 radical (unpaired) electrons. The summed E-state index contributed by atoms with van der Waals surface area (Å²) in [7, 11) is 0. The first-order valence-corrected chi connectivity index (χ1v) is 13.0. The lowest BCUT2D eigenvalue weighted by molar-refractivity contribution is -0.457. The molecule has 4 saturated carbocycles. The van der Waals surface area contributed by atoms with Crippen LogP contribution in [0.5, 0.6) is 0 Å². The monoisotopic (exact) mass is 517 g/mol. The molecular weight excluding hydrogens is 486 g/mol. The van der Waals surface area contributed by atoms with E-state index in [2.05, 4.69) is 11.9 Å². The first kappa shape index (κ1) is 24.4. The van der Waals surface area contributed by atoms with Crippen LogP contribution in [0.4, 0.5) is 10.5 Å². The SMILES string of the molecule is C=C1C(=O)[C@]23C(OC(=O)Nc4cccc(Cl)c4)[C@H]1CC[C@H]2[C@@]12CO[C@]3(O)[C@@H](O)[C@@H]1C(C)(C)CC[C@@H]2O. The van der Waals surface area contributed by atoms with Gasteiger partial charge in [-0.3, -0.25) is 10.1 Å². The van der Waals surface area contributed by atoms with Crippen LogP contribution in [0.15, 0.2) is 36.4 Å². The lowest BCUT2D eigenvalue weighted by atomic mass is 9.35. The minimum absolute atomic E-state index is 0.0219. The molecule has 36 heavy (non-hydrogen) atoms. The maximum atomic E-state index is 14.1. The predicted molar refractivity (Wildman–Crippen MR) is 130 cm³/mol. The zero-order valence-corrected chi connectivity index (χ0v) is 21.1. The molecule has 2 heterocycles. The van der Waals surface area contributed by atoms with Gasteiger partial charge in [0.1, 0.15) is 17.6 Å². The van der Waals surface area contributed by atoms with Gasteiger partial charge in [0, 0.05) is 28.0 Å². The van der Waals surface area contributed by atoms with Crippen LogP contribution in [0.3, 0.4) is 0 Å². The Kier molecular flexibility index (Phi) is 5.11. The number of amides is 1. The van der Waals surface area contributed by atoms with Gasteiger partial charge in [0.25, 0.3) is 0 Å². The zero-order valence-electron chi connectivity index (χ0n) is 20.4. The highest BCUT2D eigenvalue weighted by molar-refractivity contribution is 6.30. The van der Waals surface area contributed by atoms with Gasteiger partial charge in [-0.25, -0.2) is 4.79 Å². The summed E-state index contributed by atoms with van der Waals surface area (Å²) < 4.78 is 12.0. The Morgan fingerprint density at radius 3 is 2.72 bits per heavy atom. The van der Waals surface area contributed by atoms with Crippen LogP contribution in [0.2, 0.25) is 5.02 Å². The van der Waals surface area contributed by atoms with E-state index in [9.17, 15) is 24.9 Å². The Balaban J connectivity index is 1.46. The number of hydrogen-bond acceptors (Lipinski definition) is 7. The van der Waals surface area contributed by atoms with Gasteiger partial charge >= 0.3 is 6.09 Å². The maximum absolute atomic E-state index is 14.1. The van der Waals surface area contributed by atoms with Crippen LogP contribution in [-0.4, -0.2) is 57.9 Å². The molecule has 2 saturated heterocycles. The average Bonchev–Trinajstić information content (AvgIpc) is 2.92. The molecule has 2 aliphatic heterocycles. The first-order chi connectivity index (χ1) is 16.9. The normalized spacial score (nSPS) is 46.2. The summed E-state index contributed by atoms with van der Waals surface area (Å²) in [5.74, 6) is -4.32. The van der Waals surface area contributed by atoms with E-state index >= 15 is 0 Å². The number of carbonyl (C=O) groups is 2. The van der Waals surface area contributed by atoms with Crippen LogP contribution >= 0.6 is 11.6 Å². The number of rotatable bonds is 2. The number of anilines is 1. The second kappa shape index (κ2) is 7.54. The lowest BCUT2D eigenvalue weighted by Crippen LogP contribution is -2.85. The highest BCUT2D eigenvalue weighted by Crippen LogP contribution is 2.76. The van der Waals surface area contributed by atoms with Crippen LogP contribution in [0, 0.1) is 34.0 Å². The third kappa shape index (κ3) is 2.69. The van der Waals surface area contributed by atoms with Crippen molar-refractivity contribution in [3.05, 3.63) is 41.4 Å². The molecule has 1 aromatic carbocycles. The van der Waals surface area contributed by atoms with Crippen molar-refractivity contribution in [1.29, 1.82) is 0 Å². The Hall–Kier alpha value is -1.97. The average molecular weight is 518 g/mol. The largest absolute Gasteiger partial charge is 0.444 e. The molecule has 1 amide bonds. The molecule has 9 atom stereocenters. The molecule has 6 fully saturated rings. The molecule has 2 spiro atoms. The van der Waals surface area contributed by atoms with Gasteiger partial charge in [0.05, 0.1) is 12.7 Å². The zero-order chi connectivity index (χ0) is 25.8. The third-order valence-corrected chi connectivity index (χ3v) is 10.4. The number of halogens is 1. The second-order valence-corrected chi connectivity index (χ2v) is 12.4.